The van der Waals surface area contributed by atoms with Gasteiger partial charge in [0.2, 0.25) is 5.91 Å². The Labute approximate surface area is 118 Å². The number of benzene rings is 1. The molecule has 0 aromatic heterocycles. The lowest BCUT2D eigenvalue weighted by Crippen LogP contribution is -2.27. The Morgan fingerprint density at radius 1 is 1.50 bits per heavy atom. The summed E-state index contributed by atoms with van der Waals surface area (Å²) in [6.45, 7) is 0.461. The fourth-order valence-electron chi connectivity index (χ4n) is 1.54. The zero-order valence-electron chi connectivity index (χ0n) is 9.60. The molecule has 1 aliphatic rings. The second kappa shape index (κ2) is 5.89. The standard InChI is InChI=1S/C12H13BrClFN2O/c13-9-5-7(15)6-10(14)12(9)16-4-3-11(18)17-8-1-2-8/h5-6,8,16H,1-4H2,(H,17,18). The Balaban J connectivity index is 1.84. The van der Waals surface area contributed by atoms with Crippen molar-refractivity contribution >= 4 is 39.1 Å². The van der Waals surface area contributed by atoms with Crippen molar-refractivity contribution < 1.29 is 9.18 Å². The highest BCUT2D eigenvalue weighted by atomic mass is 79.9. The summed E-state index contributed by atoms with van der Waals surface area (Å²) in [4.78, 5) is 11.5. The number of carbonyl (C=O) groups is 1. The molecule has 2 N–H and O–H groups in total. The fourth-order valence-corrected chi connectivity index (χ4v) is 2.50. The third-order valence-electron chi connectivity index (χ3n) is 2.60. The summed E-state index contributed by atoms with van der Waals surface area (Å²) in [5.74, 6) is -0.372. The van der Waals surface area contributed by atoms with Crippen LogP contribution in [-0.2, 0) is 4.79 Å². The molecule has 0 radical (unpaired) electrons. The number of hydrogen-bond donors (Lipinski definition) is 2. The molecule has 2 rings (SSSR count). The van der Waals surface area contributed by atoms with Crippen molar-refractivity contribution in [2.24, 2.45) is 0 Å². The van der Waals surface area contributed by atoms with Crippen molar-refractivity contribution in [2.45, 2.75) is 25.3 Å². The van der Waals surface area contributed by atoms with Crippen LogP contribution in [0, 0.1) is 5.82 Å². The van der Waals surface area contributed by atoms with Gasteiger partial charge in [0, 0.05) is 23.5 Å². The molecule has 0 aliphatic heterocycles. The molecule has 0 bridgehead atoms. The molecular weight excluding hydrogens is 323 g/mol. The van der Waals surface area contributed by atoms with Crippen LogP contribution in [0.3, 0.4) is 0 Å². The van der Waals surface area contributed by atoms with Gasteiger partial charge in [0.15, 0.2) is 0 Å². The molecule has 3 nitrogen and oxygen atoms in total. The highest BCUT2D eigenvalue weighted by Gasteiger charge is 2.22. The lowest BCUT2D eigenvalue weighted by molar-refractivity contribution is -0.120. The molecule has 0 atom stereocenters. The van der Waals surface area contributed by atoms with E-state index in [4.69, 9.17) is 11.6 Å². The maximum atomic E-state index is 13.0. The van der Waals surface area contributed by atoms with Crippen molar-refractivity contribution in [1.29, 1.82) is 0 Å². The minimum Gasteiger partial charge on any atom is -0.382 e. The van der Waals surface area contributed by atoms with Crippen LogP contribution >= 0.6 is 27.5 Å². The van der Waals surface area contributed by atoms with Gasteiger partial charge in [0.05, 0.1) is 10.7 Å². The van der Waals surface area contributed by atoms with E-state index < -0.39 is 5.82 Å². The predicted octanol–water partition coefficient (Wildman–Crippen LogP) is 3.32. The lowest BCUT2D eigenvalue weighted by atomic mass is 10.3. The van der Waals surface area contributed by atoms with Crippen LogP contribution in [-0.4, -0.2) is 18.5 Å². The molecule has 0 heterocycles. The molecule has 1 amide bonds. The van der Waals surface area contributed by atoms with Crippen molar-refractivity contribution in [1.82, 2.24) is 5.32 Å². The number of nitrogens with one attached hydrogen (secondary N) is 2. The first-order chi connectivity index (χ1) is 8.56. The number of hydrogen-bond acceptors (Lipinski definition) is 2. The van der Waals surface area contributed by atoms with Gasteiger partial charge in [-0.25, -0.2) is 4.39 Å². The van der Waals surface area contributed by atoms with Gasteiger partial charge in [-0.05, 0) is 40.9 Å². The molecule has 1 saturated carbocycles. The normalized spacial score (nSPS) is 14.4. The lowest BCUT2D eigenvalue weighted by Gasteiger charge is -2.10. The Kier molecular flexibility index (Phi) is 4.45. The van der Waals surface area contributed by atoms with E-state index in [2.05, 4.69) is 26.6 Å². The Morgan fingerprint density at radius 3 is 2.83 bits per heavy atom. The molecule has 18 heavy (non-hydrogen) atoms. The van der Waals surface area contributed by atoms with E-state index in [9.17, 15) is 9.18 Å². The third-order valence-corrected chi connectivity index (χ3v) is 3.53. The molecular formula is C12H13BrClFN2O. The van der Waals surface area contributed by atoms with Crippen molar-refractivity contribution in [3.63, 3.8) is 0 Å². The maximum absolute atomic E-state index is 13.0. The van der Waals surface area contributed by atoms with Crippen molar-refractivity contribution in [2.75, 3.05) is 11.9 Å². The number of rotatable bonds is 5. The average Bonchev–Trinajstić information content (AvgIpc) is 3.05. The molecule has 1 aromatic rings. The van der Waals surface area contributed by atoms with Gasteiger partial charge < -0.3 is 10.6 Å². The molecule has 0 spiro atoms. The molecule has 6 heteroatoms. The number of amides is 1. The number of halogens is 3. The zero-order valence-corrected chi connectivity index (χ0v) is 11.9. The van der Waals surface area contributed by atoms with E-state index in [1.54, 1.807) is 0 Å². The first-order valence-corrected chi connectivity index (χ1v) is 6.91. The summed E-state index contributed by atoms with van der Waals surface area (Å²) in [5, 5.41) is 6.22. The Bertz CT molecular complexity index is 442. The second-order valence-corrected chi connectivity index (χ2v) is 5.52. The smallest absolute Gasteiger partial charge is 0.221 e. The van der Waals surface area contributed by atoms with E-state index >= 15 is 0 Å². The summed E-state index contributed by atoms with van der Waals surface area (Å²) in [6.07, 6.45) is 2.53. The summed E-state index contributed by atoms with van der Waals surface area (Å²) in [6, 6.07) is 2.94. The van der Waals surface area contributed by atoms with Gasteiger partial charge in [-0.2, -0.15) is 0 Å². The van der Waals surface area contributed by atoms with E-state index in [1.165, 1.54) is 12.1 Å². The van der Waals surface area contributed by atoms with Crippen LogP contribution in [0.5, 0.6) is 0 Å². The fraction of sp³-hybridized carbons (Fsp3) is 0.417. The van der Waals surface area contributed by atoms with Crippen molar-refractivity contribution in [3.8, 4) is 0 Å². The summed E-state index contributed by atoms with van der Waals surface area (Å²) in [5.41, 5.74) is 0.609. The van der Waals surface area contributed by atoms with Crippen LogP contribution in [0.1, 0.15) is 19.3 Å². The molecule has 1 aromatic carbocycles. The molecule has 1 fully saturated rings. The number of carbonyl (C=O) groups excluding carboxylic acids is 1. The SMILES string of the molecule is O=C(CCNc1c(Cl)cc(F)cc1Br)NC1CC1. The first-order valence-electron chi connectivity index (χ1n) is 5.74. The second-order valence-electron chi connectivity index (χ2n) is 4.26. The molecule has 98 valence electrons. The molecule has 0 saturated heterocycles. The monoisotopic (exact) mass is 334 g/mol. The maximum Gasteiger partial charge on any atom is 0.221 e. The Hall–Kier alpha value is -0.810. The van der Waals surface area contributed by atoms with Crippen LogP contribution in [0.15, 0.2) is 16.6 Å². The van der Waals surface area contributed by atoms with Gasteiger partial charge >= 0.3 is 0 Å². The van der Waals surface area contributed by atoms with Crippen molar-refractivity contribution in [3.05, 3.63) is 27.4 Å². The first kappa shape index (κ1) is 13.6. The third kappa shape index (κ3) is 3.85. The van der Waals surface area contributed by atoms with Crippen LogP contribution in [0.4, 0.5) is 10.1 Å². The predicted molar refractivity (Wildman–Crippen MR) is 73.4 cm³/mol. The van der Waals surface area contributed by atoms with E-state index in [-0.39, 0.29) is 5.91 Å². The van der Waals surface area contributed by atoms with Crippen LogP contribution < -0.4 is 10.6 Å². The summed E-state index contributed by atoms with van der Waals surface area (Å²) >= 11 is 9.14. The highest BCUT2D eigenvalue weighted by Crippen LogP contribution is 2.31. The van der Waals surface area contributed by atoms with Gasteiger partial charge in [-0.15, -0.1) is 0 Å². The molecule has 1 aliphatic carbocycles. The van der Waals surface area contributed by atoms with Gasteiger partial charge in [-0.3, -0.25) is 4.79 Å². The quantitative estimate of drug-likeness (QED) is 0.866. The summed E-state index contributed by atoms with van der Waals surface area (Å²) in [7, 11) is 0. The van der Waals surface area contributed by atoms with Gasteiger partial charge in [0.25, 0.3) is 0 Å². The van der Waals surface area contributed by atoms with E-state index in [0.29, 0.717) is 34.2 Å². The van der Waals surface area contributed by atoms with E-state index in [1.807, 2.05) is 0 Å². The van der Waals surface area contributed by atoms with Gasteiger partial charge in [0.1, 0.15) is 5.82 Å². The minimum atomic E-state index is -0.399. The van der Waals surface area contributed by atoms with Gasteiger partial charge in [-0.1, -0.05) is 11.6 Å². The topological polar surface area (TPSA) is 41.1 Å². The number of anilines is 1. The zero-order chi connectivity index (χ0) is 13.1. The van der Waals surface area contributed by atoms with Crippen LogP contribution in [0.2, 0.25) is 5.02 Å². The van der Waals surface area contributed by atoms with E-state index in [0.717, 1.165) is 12.8 Å². The Morgan fingerprint density at radius 2 is 2.22 bits per heavy atom. The highest BCUT2D eigenvalue weighted by molar-refractivity contribution is 9.10. The van der Waals surface area contributed by atoms with Crippen LogP contribution in [0.25, 0.3) is 0 Å². The summed E-state index contributed by atoms with van der Waals surface area (Å²) < 4.78 is 13.6. The molecule has 0 unspecified atom stereocenters. The average molecular weight is 336 g/mol. The minimum absolute atomic E-state index is 0.0272. The largest absolute Gasteiger partial charge is 0.382 e.